The highest BCUT2D eigenvalue weighted by atomic mass is 16.5. The minimum atomic E-state index is 0.0651. The predicted octanol–water partition coefficient (Wildman–Crippen LogP) is 3.78. The summed E-state index contributed by atoms with van der Waals surface area (Å²) in [5.74, 6) is 0.974. The number of nitrogens with one attached hydrogen (secondary N) is 1. The van der Waals surface area contributed by atoms with Crippen LogP contribution in [0.3, 0.4) is 0 Å². The van der Waals surface area contributed by atoms with E-state index in [-0.39, 0.29) is 11.9 Å². The highest BCUT2D eigenvalue weighted by Gasteiger charge is 2.20. The van der Waals surface area contributed by atoms with Gasteiger partial charge in [0, 0.05) is 36.1 Å². The maximum atomic E-state index is 12.1. The van der Waals surface area contributed by atoms with Crippen LogP contribution in [0.4, 0.5) is 11.4 Å². The summed E-state index contributed by atoms with van der Waals surface area (Å²) in [5, 5.41) is 3.48. The number of hydrogen-bond donors (Lipinski definition) is 1. The Hall–Kier alpha value is -2.56. The van der Waals surface area contributed by atoms with Crippen molar-refractivity contribution >= 4 is 17.3 Å². The molecule has 2 heterocycles. The van der Waals surface area contributed by atoms with Crippen LogP contribution in [0.5, 0.6) is 5.75 Å². The van der Waals surface area contributed by atoms with Gasteiger partial charge < -0.3 is 15.0 Å². The molecule has 3 rings (SSSR count). The van der Waals surface area contributed by atoms with Crippen molar-refractivity contribution in [3.63, 3.8) is 0 Å². The normalized spacial score (nSPS) is 15.9. The van der Waals surface area contributed by atoms with Crippen molar-refractivity contribution in [3.8, 4) is 5.75 Å². The molecule has 1 N–H and O–H groups in total. The molecule has 1 aromatic carbocycles. The third-order valence-electron chi connectivity index (χ3n) is 4.37. The maximum absolute atomic E-state index is 12.1. The van der Waals surface area contributed by atoms with Gasteiger partial charge in [0.2, 0.25) is 5.91 Å². The highest BCUT2D eigenvalue weighted by molar-refractivity contribution is 5.94. The van der Waals surface area contributed by atoms with E-state index in [0.29, 0.717) is 6.42 Å². The molecule has 0 bridgehead atoms. The number of methoxy groups -OCH3 is 1. The first-order valence-electron chi connectivity index (χ1n) is 8.34. The molecule has 1 aromatic heterocycles. The second kappa shape index (κ2) is 7.34. The summed E-state index contributed by atoms with van der Waals surface area (Å²) >= 11 is 0. The smallest absolute Gasteiger partial charge is 0.226 e. The standard InChI is InChI=1S/C19H23N3O2/c1-14(17-9-10-20-13-18(17)24-2)21-15-6-5-7-16(12-15)22-11-4-3-8-19(22)23/h5-7,9-10,12-14,21H,3-4,8,11H2,1-2H3. The number of carbonyl (C=O) groups excluding carboxylic acids is 1. The zero-order chi connectivity index (χ0) is 16.9. The number of aromatic nitrogens is 1. The van der Waals surface area contributed by atoms with Gasteiger partial charge in [-0.2, -0.15) is 0 Å². The van der Waals surface area contributed by atoms with Crippen molar-refractivity contribution in [2.24, 2.45) is 0 Å². The molecule has 0 radical (unpaired) electrons. The van der Waals surface area contributed by atoms with Gasteiger partial charge in [-0.1, -0.05) is 6.07 Å². The third-order valence-corrected chi connectivity index (χ3v) is 4.37. The van der Waals surface area contributed by atoms with Gasteiger partial charge in [-0.25, -0.2) is 0 Å². The number of ether oxygens (including phenoxy) is 1. The number of benzene rings is 1. The van der Waals surface area contributed by atoms with Crippen molar-refractivity contribution < 1.29 is 9.53 Å². The summed E-state index contributed by atoms with van der Waals surface area (Å²) in [4.78, 5) is 18.1. The summed E-state index contributed by atoms with van der Waals surface area (Å²) in [7, 11) is 1.65. The van der Waals surface area contributed by atoms with E-state index >= 15 is 0 Å². The van der Waals surface area contributed by atoms with Gasteiger partial charge in [-0.05, 0) is 44.0 Å². The summed E-state index contributed by atoms with van der Waals surface area (Å²) in [6.45, 7) is 2.88. The first kappa shape index (κ1) is 16.3. The lowest BCUT2D eigenvalue weighted by Gasteiger charge is -2.27. The van der Waals surface area contributed by atoms with Crippen molar-refractivity contribution in [3.05, 3.63) is 48.3 Å². The summed E-state index contributed by atoms with van der Waals surface area (Å²) in [6.07, 6.45) is 6.18. The Morgan fingerprint density at radius 1 is 1.29 bits per heavy atom. The molecule has 0 spiro atoms. The zero-order valence-corrected chi connectivity index (χ0v) is 14.2. The van der Waals surface area contributed by atoms with Crippen LogP contribution in [-0.4, -0.2) is 24.5 Å². The Kier molecular flexibility index (Phi) is 4.99. The van der Waals surface area contributed by atoms with E-state index in [1.54, 1.807) is 19.5 Å². The van der Waals surface area contributed by atoms with E-state index in [2.05, 4.69) is 17.2 Å². The maximum Gasteiger partial charge on any atom is 0.226 e. The van der Waals surface area contributed by atoms with Gasteiger partial charge in [-0.15, -0.1) is 0 Å². The largest absolute Gasteiger partial charge is 0.495 e. The topological polar surface area (TPSA) is 54.5 Å². The van der Waals surface area contributed by atoms with Crippen LogP contribution >= 0.6 is 0 Å². The Balaban J connectivity index is 1.78. The molecule has 0 saturated carbocycles. The Bertz CT molecular complexity index is 717. The minimum absolute atomic E-state index is 0.0651. The molecule has 1 amide bonds. The monoisotopic (exact) mass is 325 g/mol. The van der Waals surface area contributed by atoms with E-state index in [0.717, 1.165) is 42.1 Å². The van der Waals surface area contributed by atoms with Crippen molar-refractivity contribution in [2.45, 2.75) is 32.2 Å². The van der Waals surface area contributed by atoms with Gasteiger partial charge in [0.1, 0.15) is 5.75 Å². The highest BCUT2D eigenvalue weighted by Crippen LogP contribution is 2.29. The number of nitrogens with zero attached hydrogens (tertiary/aromatic N) is 2. The Morgan fingerprint density at radius 2 is 2.17 bits per heavy atom. The van der Waals surface area contributed by atoms with Gasteiger partial charge in [0.25, 0.3) is 0 Å². The van der Waals surface area contributed by atoms with Crippen molar-refractivity contribution in [2.75, 3.05) is 23.9 Å². The SMILES string of the molecule is COc1cnccc1C(C)Nc1cccc(N2CCCCC2=O)c1. The average Bonchev–Trinajstić information content (AvgIpc) is 2.62. The van der Waals surface area contributed by atoms with Crippen LogP contribution in [0.15, 0.2) is 42.7 Å². The van der Waals surface area contributed by atoms with Crippen molar-refractivity contribution in [1.29, 1.82) is 0 Å². The third kappa shape index (κ3) is 3.50. The number of hydrogen-bond acceptors (Lipinski definition) is 4. The van der Waals surface area contributed by atoms with Gasteiger partial charge >= 0.3 is 0 Å². The van der Waals surface area contributed by atoms with Crippen LogP contribution in [0.25, 0.3) is 0 Å². The predicted molar refractivity (Wildman–Crippen MR) is 95.5 cm³/mol. The molecule has 1 aliphatic rings. The fraction of sp³-hybridized carbons (Fsp3) is 0.368. The fourth-order valence-electron chi connectivity index (χ4n) is 3.09. The quantitative estimate of drug-likeness (QED) is 0.909. The van der Waals surface area contributed by atoms with Gasteiger partial charge in [-0.3, -0.25) is 9.78 Å². The summed E-state index contributed by atoms with van der Waals surface area (Å²) in [6, 6.07) is 10.0. The lowest BCUT2D eigenvalue weighted by atomic mass is 10.1. The minimum Gasteiger partial charge on any atom is -0.495 e. The van der Waals surface area contributed by atoms with Crippen LogP contribution in [0.2, 0.25) is 0 Å². The molecule has 1 atom stereocenters. The zero-order valence-electron chi connectivity index (χ0n) is 14.2. The molecule has 24 heavy (non-hydrogen) atoms. The van der Waals surface area contributed by atoms with Crippen molar-refractivity contribution in [1.82, 2.24) is 4.98 Å². The molecule has 0 aliphatic carbocycles. The van der Waals surface area contributed by atoms with Crippen LogP contribution in [0, 0.1) is 0 Å². The molecule has 5 nitrogen and oxygen atoms in total. The van der Waals surface area contributed by atoms with E-state index in [1.807, 2.05) is 35.2 Å². The lowest BCUT2D eigenvalue weighted by molar-refractivity contribution is -0.119. The second-order valence-corrected chi connectivity index (χ2v) is 6.04. The Morgan fingerprint density at radius 3 is 2.96 bits per heavy atom. The Labute approximate surface area is 142 Å². The number of pyridine rings is 1. The number of piperidine rings is 1. The van der Waals surface area contributed by atoms with Gasteiger partial charge in [0.15, 0.2) is 0 Å². The molecular formula is C19H23N3O2. The molecule has 1 aliphatic heterocycles. The molecule has 2 aromatic rings. The van der Waals surface area contributed by atoms with Crippen LogP contribution < -0.4 is 15.0 Å². The summed E-state index contributed by atoms with van der Waals surface area (Å²) in [5.41, 5.74) is 2.99. The molecule has 1 saturated heterocycles. The summed E-state index contributed by atoms with van der Waals surface area (Å²) < 4.78 is 5.38. The van der Waals surface area contributed by atoms with E-state index in [4.69, 9.17) is 4.74 Å². The second-order valence-electron chi connectivity index (χ2n) is 6.04. The first-order valence-corrected chi connectivity index (χ1v) is 8.34. The number of anilines is 2. The molecule has 1 unspecified atom stereocenters. The average molecular weight is 325 g/mol. The van der Waals surface area contributed by atoms with Gasteiger partial charge in [0.05, 0.1) is 19.3 Å². The molecule has 5 heteroatoms. The van der Waals surface area contributed by atoms with Crippen LogP contribution in [-0.2, 0) is 4.79 Å². The fourth-order valence-corrected chi connectivity index (χ4v) is 3.09. The number of carbonyl (C=O) groups is 1. The first-order chi connectivity index (χ1) is 11.7. The van der Waals surface area contributed by atoms with E-state index in [9.17, 15) is 4.79 Å². The molecular weight excluding hydrogens is 302 g/mol. The molecule has 126 valence electrons. The van der Waals surface area contributed by atoms with Crippen LogP contribution in [0.1, 0.15) is 37.8 Å². The number of rotatable bonds is 5. The molecule has 1 fully saturated rings. The van der Waals surface area contributed by atoms with E-state index < -0.39 is 0 Å². The van der Waals surface area contributed by atoms with E-state index in [1.165, 1.54) is 0 Å². The lowest BCUT2D eigenvalue weighted by Crippen LogP contribution is -2.35. The number of amides is 1.